The Hall–Kier alpha value is -3.51. The molecule has 37 heavy (non-hydrogen) atoms. The number of halogens is 3. The smallest absolute Gasteiger partial charge is 0.407 e. The highest BCUT2D eigenvalue weighted by molar-refractivity contribution is 7.90. The second-order valence-electron chi connectivity index (χ2n) is 9.15. The quantitative estimate of drug-likeness (QED) is 0.267. The fourth-order valence-electron chi connectivity index (χ4n) is 3.81. The third-order valence-electron chi connectivity index (χ3n) is 5.62. The average molecular weight is 540 g/mol. The number of carbonyl (C=O) groups excluding carboxylic acids is 1. The van der Waals surface area contributed by atoms with Crippen LogP contribution >= 0.6 is 0 Å². The minimum absolute atomic E-state index is 0.0698. The molecule has 0 spiro atoms. The van der Waals surface area contributed by atoms with E-state index in [1.54, 1.807) is 26.0 Å². The Morgan fingerprint density at radius 2 is 1.54 bits per heavy atom. The Kier molecular flexibility index (Phi) is 8.23. The van der Waals surface area contributed by atoms with Gasteiger partial charge in [0.15, 0.2) is 15.7 Å². The number of sulfone groups is 1. The van der Waals surface area contributed by atoms with Crippen molar-refractivity contribution in [3.63, 3.8) is 0 Å². The van der Waals surface area contributed by atoms with Gasteiger partial charge in [-0.1, -0.05) is 50.2 Å². The lowest BCUT2D eigenvalue weighted by Gasteiger charge is -2.28. The van der Waals surface area contributed by atoms with Crippen LogP contribution in [0.3, 0.4) is 0 Å². The summed E-state index contributed by atoms with van der Waals surface area (Å²) < 4.78 is 65.6. The van der Waals surface area contributed by atoms with Crippen LogP contribution in [0.15, 0.2) is 59.5 Å². The Morgan fingerprint density at radius 1 is 1.00 bits per heavy atom. The molecule has 5 N–H and O–H groups in total. The first kappa shape index (κ1) is 28.1. The van der Waals surface area contributed by atoms with Crippen molar-refractivity contribution in [3.05, 3.63) is 60.2 Å². The minimum Gasteiger partial charge on any atom is -0.494 e. The molecule has 0 radical (unpaired) electrons. The summed E-state index contributed by atoms with van der Waals surface area (Å²) in [4.78, 5) is 15.2. The van der Waals surface area contributed by atoms with Crippen molar-refractivity contribution in [1.29, 1.82) is 0 Å². The van der Waals surface area contributed by atoms with Crippen LogP contribution in [-0.2, 0) is 14.6 Å². The molecule has 0 saturated carbocycles. The predicted molar refractivity (Wildman–Crippen MR) is 133 cm³/mol. The molecule has 0 fully saturated rings. The summed E-state index contributed by atoms with van der Waals surface area (Å²) in [5.41, 5.74) is 0.937. The zero-order valence-corrected chi connectivity index (χ0v) is 21.1. The van der Waals surface area contributed by atoms with E-state index in [-0.39, 0.29) is 28.5 Å². The van der Waals surface area contributed by atoms with Crippen molar-refractivity contribution in [2.75, 3.05) is 11.6 Å². The van der Waals surface area contributed by atoms with E-state index in [9.17, 15) is 36.6 Å². The predicted octanol–water partition coefficient (Wildman–Crippen LogP) is 4.74. The number of H-pyrrole nitrogens is 1. The number of amides is 1. The molecule has 2 aromatic carbocycles. The number of hydrogen-bond donors (Lipinski definition) is 5. The third-order valence-corrected chi connectivity index (χ3v) is 6.75. The highest BCUT2D eigenvalue weighted by Crippen LogP contribution is 2.35. The summed E-state index contributed by atoms with van der Waals surface area (Å²) in [7, 11) is -3.38. The van der Waals surface area contributed by atoms with Crippen LogP contribution in [0.4, 0.5) is 18.9 Å². The van der Waals surface area contributed by atoms with Gasteiger partial charge in [0.2, 0.25) is 11.8 Å². The Morgan fingerprint density at radius 3 is 1.97 bits per heavy atom. The van der Waals surface area contributed by atoms with E-state index >= 15 is 0 Å². The van der Waals surface area contributed by atoms with Crippen LogP contribution < -0.4 is 10.6 Å². The average Bonchev–Trinajstić information content (AvgIpc) is 3.11. The molecule has 1 amide bonds. The van der Waals surface area contributed by atoms with E-state index in [0.717, 1.165) is 12.3 Å². The van der Waals surface area contributed by atoms with E-state index < -0.39 is 45.8 Å². The lowest BCUT2D eigenvalue weighted by atomic mass is 9.97. The monoisotopic (exact) mass is 539 g/mol. The first-order chi connectivity index (χ1) is 17.1. The molecule has 0 aliphatic heterocycles. The number of nitrogens with one attached hydrogen (secondary N) is 3. The molecule has 3 aromatic rings. The van der Waals surface area contributed by atoms with Gasteiger partial charge in [-0.25, -0.2) is 8.42 Å². The Bertz CT molecular complexity index is 1340. The SMILES string of the molecule is CC(C)C[C@H](N[C@@H](c1ccc(-c2ccc(S(C)(=O)=O)cc2)cc1)C(F)(F)F)C(=O)Nc1cc(O)[nH]c1O. The molecule has 8 nitrogen and oxygen atoms in total. The number of hydrogen-bond acceptors (Lipinski definition) is 6. The molecule has 0 bridgehead atoms. The summed E-state index contributed by atoms with van der Waals surface area (Å²) in [6, 6.07) is 9.17. The number of alkyl halides is 3. The van der Waals surface area contributed by atoms with Gasteiger partial charge in [-0.3, -0.25) is 15.1 Å². The first-order valence-electron chi connectivity index (χ1n) is 11.3. The van der Waals surface area contributed by atoms with E-state index in [1.807, 2.05) is 0 Å². The van der Waals surface area contributed by atoms with Gasteiger partial charge in [0.25, 0.3) is 0 Å². The van der Waals surface area contributed by atoms with Crippen molar-refractivity contribution < 1.29 is 36.6 Å². The van der Waals surface area contributed by atoms with Gasteiger partial charge in [-0.05, 0) is 41.2 Å². The van der Waals surface area contributed by atoms with Gasteiger partial charge in [0.05, 0.1) is 10.9 Å². The molecule has 0 saturated heterocycles. The van der Waals surface area contributed by atoms with Crippen molar-refractivity contribution in [1.82, 2.24) is 10.3 Å². The van der Waals surface area contributed by atoms with E-state index in [0.29, 0.717) is 11.1 Å². The van der Waals surface area contributed by atoms with E-state index in [4.69, 9.17) is 0 Å². The van der Waals surface area contributed by atoms with Crippen molar-refractivity contribution >= 4 is 21.4 Å². The van der Waals surface area contributed by atoms with Gasteiger partial charge in [0.1, 0.15) is 11.7 Å². The number of rotatable bonds is 9. The summed E-state index contributed by atoms with van der Waals surface area (Å²) >= 11 is 0. The zero-order chi connectivity index (χ0) is 27.5. The lowest BCUT2D eigenvalue weighted by molar-refractivity contribution is -0.160. The van der Waals surface area contributed by atoms with Crippen LogP contribution in [0.5, 0.6) is 11.8 Å². The minimum atomic E-state index is -4.73. The number of carbonyl (C=O) groups is 1. The molecule has 12 heteroatoms. The highest BCUT2D eigenvalue weighted by Gasteiger charge is 2.43. The first-order valence-corrected chi connectivity index (χ1v) is 13.2. The fraction of sp³-hybridized carbons (Fsp3) is 0.320. The normalized spacial score (nSPS) is 13.9. The Labute approximate surface area is 212 Å². The molecular formula is C25H28F3N3O5S. The molecule has 0 unspecified atom stereocenters. The summed E-state index contributed by atoms with van der Waals surface area (Å²) in [5.74, 6) is -1.88. The number of anilines is 1. The number of aromatic hydroxyl groups is 2. The Balaban J connectivity index is 1.86. The van der Waals surface area contributed by atoms with Crippen LogP contribution in [0.2, 0.25) is 0 Å². The van der Waals surface area contributed by atoms with Crippen molar-refractivity contribution in [2.45, 2.75) is 43.4 Å². The molecule has 3 rings (SSSR count). The maximum atomic E-state index is 14.1. The molecule has 0 aliphatic carbocycles. The van der Waals surface area contributed by atoms with Gasteiger partial charge < -0.3 is 15.5 Å². The summed E-state index contributed by atoms with van der Waals surface area (Å²) in [5, 5.41) is 23.9. The van der Waals surface area contributed by atoms with Crippen LogP contribution in [0.1, 0.15) is 31.9 Å². The number of aromatic nitrogens is 1. The van der Waals surface area contributed by atoms with Crippen LogP contribution in [-0.4, -0.2) is 48.0 Å². The third kappa shape index (κ3) is 7.26. The molecule has 200 valence electrons. The highest BCUT2D eigenvalue weighted by atomic mass is 32.2. The largest absolute Gasteiger partial charge is 0.494 e. The molecule has 0 aliphatic rings. The lowest BCUT2D eigenvalue weighted by Crippen LogP contribution is -2.47. The zero-order valence-electron chi connectivity index (χ0n) is 20.3. The fourth-order valence-corrected chi connectivity index (χ4v) is 4.44. The molecule has 1 aromatic heterocycles. The van der Waals surface area contributed by atoms with E-state index in [1.165, 1.54) is 36.4 Å². The van der Waals surface area contributed by atoms with Crippen molar-refractivity contribution in [3.8, 4) is 22.9 Å². The molecule has 1 heterocycles. The molecular weight excluding hydrogens is 511 g/mol. The summed E-state index contributed by atoms with van der Waals surface area (Å²) in [6.45, 7) is 3.52. The number of benzene rings is 2. The van der Waals surface area contributed by atoms with Gasteiger partial charge in [0, 0.05) is 12.3 Å². The second-order valence-corrected chi connectivity index (χ2v) is 11.2. The van der Waals surface area contributed by atoms with Crippen LogP contribution in [0, 0.1) is 5.92 Å². The number of aromatic amines is 1. The van der Waals surface area contributed by atoms with Crippen molar-refractivity contribution in [2.24, 2.45) is 5.92 Å². The maximum absolute atomic E-state index is 14.1. The standard InChI is InChI=1S/C25H28F3N3O5S/c1-14(2)12-19(23(33)30-20-13-21(32)31-24(20)34)29-22(25(26,27)28)17-6-4-15(5-7-17)16-8-10-18(11-9-16)37(3,35)36/h4-11,13-14,19,22,29,31-32,34H,12H2,1-3H3,(H,30,33)/t19-,22-/m0/s1. The van der Waals surface area contributed by atoms with Gasteiger partial charge in [-0.15, -0.1) is 0 Å². The van der Waals surface area contributed by atoms with E-state index in [2.05, 4.69) is 15.6 Å². The molecule has 2 atom stereocenters. The van der Waals surface area contributed by atoms with Gasteiger partial charge >= 0.3 is 6.18 Å². The topological polar surface area (TPSA) is 132 Å². The second kappa shape index (κ2) is 10.9. The van der Waals surface area contributed by atoms with Gasteiger partial charge in [-0.2, -0.15) is 13.2 Å². The summed E-state index contributed by atoms with van der Waals surface area (Å²) in [6.07, 6.45) is -3.58. The van der Waals surface area contributed by atoms with Crippen LogP contribution in [0.25, 0.3) is 11.1 Å². The maximum Gasteiger partial charge on any atom is 0.407 e.